The minimum atomic E-state index is -4.03. The van der Waals surface area contributed by atoms with E-state index in [1.165, 1.54) is 21.3 Å². The standard InChI is InChI=1S/C17H20N2O7S/c1-11(14-10-13(24-2)6-7-15(14)25-3)18-27(22,23)17-8-5-12(19(20)21)9-16(17)26-4/h5-11,18H,1-4H3. The van der Waals surface area contributed by atoms with Crippen molar-refractivity contribution in [2.24, 2.45) is 0 Å². The molecule has 0 radical (unpaired) electrons. The summed E-state index contributed by atoms with van der Waals surface area (Å²) in [6.07, 6.45) is 0. The maximum atomic E-state index is 12.8. The second-order valence-corrected chi connectivity index (χ2v) is 7.23. The van der Waals surface area contributed by atoms with Gasteiger partial charge in [0.1, 0.15) is 22.1 Å². The van der Waals surface area contributed by atoms with E-state index in [0.29, 0.717) is 17.1 Å². The molecule has 0 aliphatic carbocycles. The number of nitrogens with zero attached hydrogens (tertiary/aromatic N) is 1. The molecule has 9 nitrogen and oxygen atoms in total. The zero-order valence-electron chi connectivity index (χ0n) is 15.3. The van der Waals surface area contributed by atoms with Gasteiger partial charge in [0, 0.05) is 17.7 Å². The van der Waals surface area contributed by atoms with Gasteiger partial charge in [0.2, 0.25) is 10.0 Å². The number of hydrogen-bond donors (Lipinski definition) is 1. The molecule has 1 unspecified atom stereocenters. The molecule has 0 saturated carbocycles. The second-order valence-electron chi connectivity index (χ2n) is 5.54. The van der Waals surface area contributed by atoms with E-state index >= 15 is 0 Å². The van der Waals surface area contributed by atoms with Crippen LogP contribution in [0.2, 0.25) is 0 Å². The monoisotopic (exact) mass is 396 g/mol. The van der Waals surface area contributed by atoms with Crippen molar-refractivity contribution >= 4 is 15.7 Å². The quantitative estimate of drug-likeness (QED) is 0.538. The van der Waals surface area contributed by atoms with Crippen LogP contribution in [0.15, 0.2) is 41.3 Å². The Morgan fingerprint density at radius 3 is 2.22 bits per heavy atom. The molecule has 0 fully saturated rings. The van der Waals surface area contributed by atoms with Gasteiger partial charge in [0.25, 0.3) is 5.69 Å². The number of benzene rings is 2. The van der Waals surface area contributed by atoms with Crippen LogP contribution in [0.5, 0.6) is 17.2 Å². The fourth-order valence-electron chi connectivity index (χ4n) is 2.53. The topological polar surface area (TPSA) is 117 Å². The summed E-state index contributed by atoms with van der Waals surface area (Å²) in [6.45, 7) is 1.65. The summed E-state index contributed by atoms with van der Waals surface area (Å²) in [7, 11) is 0.191. The predicted molar refractivity (Wildman–Crippen MR) is 97.9 cm³/mol. The fraction of sp³-hybridized carbons (Fsp3) is 0.294. The molecule has 10 heteroatoms. The van der Waals surface area contributed by atoms with Crippen LogP contribution in [0.3, 0.4) is 0 Å². The summed E-state index contributed by atoms with van der Waals surface area (Å²) in [5, 5.41) is 10.9. The van der Waals surface area contributed by atoms with E-state index in [1.807, 2.05) is 0 Å². The van der Waals surface area contributed by atoms with Crippen LogP contribution >= 0.6 is 0 Å². The molecule has 2 rings (SSSR count). The first-order valence-electron chi connectivity index (χ1n) is 7.80. The van der Waals surface area contributed by atoms with Crippen molar-refractivity contribution in [2.45, 2.75) is 17.9 Å². The Balaban J connectivity index is 2.40. The molecule has 0 saturated heterocycles. The molecule has 2 aromatic carbocycles. The minimum Gasteiger partial charge on any atom is -0.497 e. The van der Waals surface area contributed by atoms with E-state index < -0.39 is 21.0 Å². The van der Waals surface area contributed by atoms with Gasteiger partial charge in [-0.05, 0) is 31.2 Å². The Kier molecular flexibility index (Phi) is 6.24. The van der Waals surface area contributed by atoms with Gasteiger partial charge in [-0.15, -0.1) is 0 Å². The lowest BCUT2D eigenvalue weighted by molar-refractivity contribution is -0.385. The molecule has 0 aromatic heterocycles. The number of rotatable bonds is 8. The highest BCUT2D eigenvalue weighted by atomic mass is 32.2. The first-order chi connectivity index (χ1) is 12.7. The Morgan fingerprint density at radius 1 is 1.00 bits per heavy atom. The van der Waals surface area contributed by atoms with E-state index in [0.717, 1.165) is 18.2 Å². The normalized spacial score (nSPS) is 12.3. The Labute approximate surface area is 157 Å². The van der Waals surface area contributed by atoms with Gasteiger partial charge >= 0.3 is 0 Å². The third-order valence-electron chi connectivity index (χ3n) is 3.88. The van der Waals surface area contributed by atoms with Gasteiger partial charge in [0.05, 0.1) is 32.3 Å². The molecule has 27 heavy (non-hydrogen) atoms. The Morgan fingerprint density at radius 2 is 1.67 bits per heavy atom. The first-order valence-corrected chi connectivity index (χ1v) is 9.28. The third kappa shape index (κ3) is 4.47. The molecule has 2 aromatic rings. The summed E-state index contributed by atoms with van der Waals surface area (Å²) < 4.78 is 43.6. The average molecular weight is 396 g/mol. The van der Waals surface area contributed by atoms with Crippen LogP contribution in [-0.2, 0) is 10.0 Å². The van der Waals surface area contributed by atoms with Gasteiger partial charge in [-0.3, -0.25) is 10.1 Å². The molecule has 0 amide bonds. The number of hydrogen-bond acceptors (Lipinski definition) is 7. The van der Waals surface area contributed by atoms with Crippen molar-refractivity contribution in [2.75, 3.05) is 21.3 Å². The first kappa shape index (κ1) is 20.5. The highest BCUT2D eigenvalue weighted by Gasteiger charge is 2.25. The fourth-order valence-corrected chi connectivity index (χ4v) is 3.90. The molecule has 0 aliphatic rings. The highest BCUT2D eigenvalue weighted by Crippen LogP contribution is 2.32. The number of nitrogens with one attached hydrogen (secondary N) is 1. The summed E-state index contributed by atoms with van der Waals surface area (Å²) in [6, 6.07) is 7.67. The van der Waals surface area contributed by atoms with Gasteiger partial charge in [0.15, 0.2) is 0 Å². The molecule has 146 valence electrons. The molecule has 0 spiro atoms. The van der Waals surface area contributed by atoms with Crippen molar-refractivity contribution in [3.63, 3.8) is 0 Å². The predicted octanol–water partition coefficient (Wildman–Crippen LogP) is 2.66. The van der Waals surface area contributed by atoms with Gasteiger partial charge in [-0.2, -0.15) is 0 Å². The van der Waals surface area contributed by atoms with Crippen molar-refractivity contribution in [3.05, 3.63) is 52.1 Å². The summed E-state index contributed by atoms with van der Waals surface area (Å²) in [4.78, 5) is 10.0. The van der Waals surface area contributed by atoms with Crippen LogP contribution in [-0.4, -0.2) is 34.7 Å². The van der Waals surface area contributed by atoms with Gasteiger partial charge < -0.3 is 14.2 Å². The second kappa shape index (κ2) is 8.23. The molecule has 0 bridgehead atoms. The van der Waals surface area contributed by atoms with Crippen molar-refractivity contribution < 1.29 is 27.6 Å². The number of sulfonamides is 1. The van der Waals surface area contributed by atoms with E-state index in [-0.39, 0.29) is 16.3 Å². The van der Waals surface area contributed by atoms with E-state index in [9.17, 15) is 18.5 Å². The number of nitro benzene ring substituents is 1. The van der Waals surface area contributed by atoms with Crippen molar-refractivity contribution in [1.29, 1.82) is 0 Å². The number of non-ortho nitro benzene ring substituents is 1. The van der Waals surface area contributed by atoms with Crippen LogP contribution in [0, 0.1) is 10.1 Å². The number of ether oxygens (including phenoxy) is 3. The van der Waals surface area contributed by atoms with Crippen LogP contribution < -0.4 is 18.9 Å². The summed E-state index contributed by atoms with van der Waals surface area (Å²) in [5.74, 6) is 0.910. The van der Waals surface area contributed by atoms with Crippen LogP contribution in [0.4, 0.5) is 5.69 Å². The molecule has 0 heterocycles. The Bertz CT molecular complexity index is 944. The largest absolute Gasteiger partial charge is 0.497 e. The Hall–Kier alpha value is -2.85. The van der Waals surface area contributed by atoms with E-state index in [2.05, 4.69) is 4.72 Å². The molecule has 1 atom stereocenters. The maximum absolute atomic E-state index is 12.8. The lowest BCUT2D eigenvalue weighted by atomic mass is 10.1. The molecular weight excluding hydrogens is 376 g/mol. The van der Waals surface area contributed by atoms with Crippen LogP contribution in [0.25, 0.3) is 0 Å². The van der Waals surface area contributed by atoms with Crippen molar-refractivity contribution in [1.82, 2.24) is 4.72 Å². The van der Waals surface area contributed by atoms with Gasteiger partial charge in [-0.1, -0.05) is 0 Å². The zero-order chi connectivity index (χ0) is 20.2. The summed E-state index contributed by atoms with van der Waals surface area (Å²) in [5.41, 5.74) is 0.301. The smallest absolute Gasteiger partial charge is 0.273 e. The van der Waals surface area contributed by atoms with E-state index in [1.54, 1.807) is 25.1 Å². The molecule has 1 N–H and O–H groups in total. The third-order valence-corrected chi connectivity index (χ3v) is 5.46. The zero-order valence-corrected chi connectivity index (χ0v) is 16.1. The van der Waals surface area contributed by atoms with E-state index in [4.69, 9.17) is 14.2 Å². The average Bonchev–Trinajstić information content (AvgIpc) is 2.66. The number of methoxy groups -OCH3 is 3. The molecular formula is C17H20N2O7S. The van der Waals surface area contributed by atoms with Gasteiger partial charge in [-0.25, -0.2) is 13.1 Å². The SMILES string of the molecule is COc1ccc(OC)c(C(C)NS(=O)(=O)c2ccc([N+](=O)[O-])cc2OC)c1. The lowest BCUT2D eigenvalue weighted by Gasteiger charge is -2.19. The highest BCUT2D eigenvalue weighted by molar-refractivity contribution is 7.89. The molecule has 0 aliphatic heterocycles. The summed E-state index contributed by atoms with van der Waals surface area (Å²) >= 11 is 0. The van der Waals surface area contributed by atoms with Crippen LogP contribution in [0.1, 0.15) is 18.5 Å². The minimum absolute atomic E-state index is 0.124. The van der Waals surface area contributed by atoms with Crippen molar-refractivity contribution in [3.8, 4) is 17.2 Å². The number of nitro groups is 1. The maximum Gasteiger partial charge on any atom is 0.273 e. The lowest BCUT2D eigenvalue weighted by Crippen LogP contribution is -2.27.